The van der Waals surface area contributed by atoms with Crippen molar-refractivity contribution >= 4 is 17.6 Å². The van der Waals surface area contributed by atoms with Crippen LogP contribution in [0.5, 0.6) is 0 Å². The number of nitrogens with one attached hydrogen (secondary N) is 1. The van der Waals surface area contributed by atoms with Gasteiger partial charge in [-0.15, -0.1) is 0 Å². The van der Waals surface area contributed by atoms with Gasteiger partial charge in [-0.25, -0.2) is 4.79 Å². The molecule has 0 bridgehead atoms. The minimum atomic E-state index is -0.349. The molecule has 1 rings (SSSR count). The van der Waals surface area contributed by atoms with Crippen LogP contribution in [0.15, 0.2) is 24.3 Å². The third-order valence-corrected chi connectivity index (χ3v) is 2.52. The van der Waals surface area contributed by atoms with Crippen LogP contribution in [0.3, 0.4) is 0 Å². The number of rotatable bonds is 7. The van der Waals surface area contributed by atoms with Gasteiger partial charge in [0.1, 0.15) is 12.7 Å². The van der Waals surface area contributed by atoms with Gasteiger partial charge in [-0.05, 0) is 24.6 Å². The lowest BCUT2D eigenvalue weighted by molar-refractivity contribution is -0.152. The SMILES string of the molecule is COCC(=O)OC(C)CNCc1ccc(Cl)cc1. The van der Waals surface area contributed by atoms with E-state index in [0.29, 0.717) is 13.1 Å². The molecule has 0 saturated carbocycles. The molecular formula is C13H18ClNO3. The third-order valence-electron chi connectivity index (χ3n) is 2.27. The van der Waals surface area contributed by atoms with Crippen LogP contribution in [0.2, 0.25) is 5.02 Å². The van der Waals surface area contributed by atoms with Crippen LogP contribution in [0.25, 0.3) is 0 Å². The Kier molecular flexibility index (Phi) is 6.72. The van der Waals surface area contributed by atoms with Gasteiger partial charge in [0.2, 0.25) is 0 Å². The van der Waals surface area contributed by atoms with Crippen LogP contribution in [0.4, 0.5) is 0 Å². The molecule has 0 radical (unpaired) electrons. The van der Waals surface area contributed by atoms with Gasteiger partial charge in [-0.3, -0.25) is 0 Å². The molecule has 100 valence electrons. The second-order valence-corrected chi connectivity index (χ2v) is 4.43. The number of hydrogen-bond acceptors (Lipinski definition) is 4. The first-order valence-corrected chi connectivity index (χ1v) is 6.13. The number of carbonyl (C=O) groups excluding carboxylic acids is 1. The first kappa shape index (κ1) is 15.0. The summed E-state index contributed by atoms with van der Waals surface area (Å²) in [5.41, 5.74) is 1.13. The lowest BCUT2D eigenvalue weighted by Gasteiger charge is -2.13. The van der Waals surface area contributed by atoms with Crippen molar-refractivity contribution in [3.8, 4) is 0 Å². The van der Waals surface area contributed by atoms with Crippen molar-refractivity contribution in [3.05, 3.63) is 34.9 Å². The van der Waals surface area contributed by atoms with E-state index in [1.807, 2.05) is 31.2 Å². The Morgan fingerprint density at radius 2 is 2.06 bits per heavy atom. The van der Waals surface area contributed by atoms with Gasteiger partial charge >= 0.3 is 5.97 Å². The maximum atomic E-state index is 11.1. The molecule has 1 N–H and O–H groups in total. The molecule has 0 aliphatic rings. The minimum absolute atomic E-state index is 0.0124. The summed E-state index contributed by atoms with van der Waals surface area (Å²) in [6.07, 6.45) is -0.181. The van der Waals surface area contributed by atoms with E-state index in [0.717, 1.165) is 10.6 Å². The van der Waals surface area contributed by atoms with Gasteiger partial charge in [-0.1, -0.05) is 23.7 Å². The van der Waals surface area contributed by atoms with Crippen molar-refractivity contribution in [1.82, 2.24) is 5.32 Å². The maximum Gasteiger partial charge on any atom is 0.332 e. The first-order chi connectivity index (χ1) is 8.61. The Balaban J connectivity index is 2.21. The van der Waals surface area contributed by atoms with E-state index in [4.69, 9.17) is 16.3 Å². The van der Waals surface area contributed by atoms with Crippen molar-refractivity contribution in [2.24, 2.45) is 0 Å². The minimum Gasteiger partial charge on any atom is -0.460 e. The van der Waals surface area contributed by atoms with E-state index in [9.17, 15) is 4.79 Å². The molecular weight excluding hydrogens is 254 g/mol. The van der Waals surface area contributed by atoms with E-state index < -0.39 is 0 Å². The quantitative estimate of drug-likeness (QED) is 0.771. The molecule has 18 heavy (non-hydrogen) atoms. The molecule has 0 saturated heterocycles. The number of esters is 1. The fourth-order valence-electron chi connectivity index (χ4n) is 1.44. The van der Waals surface area contributed by atoms with Crippen LogP contribution in [-0.4, -0.2) is 32.3 Å². The average Bonchev–Trinajstić information content (AvgIpc) is 2.32. The van der Waals surface area contributed by atoms with Gasteiger partial charge < -0.3 is 14.8 Å². The number of benzene rings is 1. The predicted octanol–water partition coefficient (Wildman–Crippen LogP) is 2.01. The maximum absolute atomic E-state index is 11.1. The van der Waals surface area contributed by atoms with Crippen molar-refractivity contribution in [3.63, 3.8) is 0 Å². The zero-order valence-corrected chi connectivity index (χ0v) is 11.4. The lowest BCUT2D eigenvalue weighted by Crippen LogP contribution is -2.29. The molecule has 1 atom stereocenters. The molecule has 5 heteroatoms. The van der Waals surface area contributed by atoms with Crippen LogP contribution in [0, 0.1) is 0 Å². The summed E-state index contributed by atoms with van der Waals surface area (Å²) in [6, 6.07) is 7.61. The highest BCUT2D eigenvalue weighted by molar-refractivity contribution is 6.30. The van der Waals surface area contributed by atoms with E-state index >= 15 is 0 Å². The van der Waals surface area contributed by atoms with Gasteiger partial charge in [0, 0.05) is 25.2 Å². The van der Waals surface area contributed by atoms with Crippen LogP contribution < -0.4 is 5.32 Å². The van der Waals surface area contributed by atoms with Gasteiger partial charge in [0.05, 0.1) is 0 Å². The molecule has 0 aliphatic heterocycles. The molecule has 1 aromatic rings. The number of ether oxygens (including phenoxy) is 2. The second kappa shape index (κ2) is 8.08. The molecule has 0 aliphatic carbocycles. The second-order valence-electron chi connectivity index (χ2n) is 3.99. The summed E-state index contributed by atoms with van der Waals surface area (Å²) in [7, 11) is 1.46. The zero-order valence-electron chi connectivity index (χ0n) is 10.6. The summed E-state index contributed by atoms with van der Waals surface area (Å²) in [6.45, 7) is 3.13. The van der Waals surface area contributed by atoms with Crippen molar-refractivity contribution < 1.29 is 14.3 Å². The normalized spacial score (nSPS) is 12.2. The van der Waals surface area contributed by atoms with E-state index in [1.54, 1.807) is 0 Å². The molecule has 1 aromatic carbocycles. The Bertz CT molecular complexity index is 367. The summed E-state index contributed by atoms with van der Waals surface area (Å²) in [5, 5.41) is 3.93. The standard InChI is InChI=1S/C13H18ClNO3/c1-10(18-13(16)9-17-2)7-15-8-11-3-5-12(14)6-4-11/h3-6,10,15H,7-9H2,1-2H3. The molecule has 4 nitrogen and oxygen atoms in total. The van der Waals surface area contributed by atoms with E-state index in [2.05, 4.69) is 10.1 Å². The van der Waals surface area contributed by atoms with Crippen LogP contribution in [-0.2, 0) is 20.8 Å². The predicted molar refractivity (Wildman–Crippen MR) is 70.6 cm³/mol. The monoisotopic (exact) mass is 271 g/mol. The van der Waals surface area contributed by atoms with Crippen molar-refractivity contribution in [2.75, 3.05) is 20.3 Å². The highest BCUT2D eigenvalue weighted by atomic mass is 35.5. The number of halogens is 1. The highest BCUT2D eigenvalue weighted by Gasteiger charge is 2.08. The first-order valence-electron chi connectivity index (χ1n) is 5.75. The Hall–Kier alpha value is -1.10. The van der Waals surface area contributed by atoms with Crippen LogP contribution in [0.1, 0.15) is 12.5 Å². The van der Waals surface area contributed by atoms with Gasteiger partial charge in [-0.2, -0.15) is 0 Å². The van der Waals surface area contributed by atoms with Crippen LogP contribution >= 0.6 is 11.6 Å². The van der Waals surface area contributed by atoms with Gasteiger partial charge in [0.25, 0.3) is 0 Å². The summed E-state index contributed by atoms with van der Waals surface area (Å²) >= 11 is 5.79. The third kappa shape index (κ3) is 6.00. The van der Waals surface area contributed by atoms with Gasteiger partial charge in [0.15, 0.2) is 0 Å². The zero-order chi connectivity index (χ0) is 13.4. The fraction of sp³-hybridized carbons (Fsp3) is 0.462. The molecule has 0 fully saturated rings. The number of hydrogen-bond donors (Lipinski definition) is 1. The molecule has 0 spiro atoms. The Morgan fingerprint density at radius 3 is 2.67 bits per heavy atom. The van der Waals surface area contributed by atoms with E-state index in [-0.39, 0.29) is 18.7 Å². The largest absolute Gasteiger partial charge is 0.460 e. The number of methoxy groups -OCH3 is 1. The number of carbonyl (C=O) groups is 1. The van der Waals surface area contributed by atoms with Crippen molar-refractivity contribution in [2.45, 2.75) is 19.6 Å². The highest BCUT2D eigenvalue weighted by Crippen LogP contribution is 2.09. The van der Waals surface area contributed by atoms with E-state index in [1.165, 1.54) is 7.11 Å². The smallest absolute Gasteiger partial charge is 0.332 e. The summed E-state index contributed by atoms with van der Waals surface area (Å²) < 4.78 is 9.78. The molecule has 0 amide bonds. The Labute approximate surface area is 112 Å². The van der Waals surface area contributed by atoms with Crippen molar-refractivity contribution in [1.29, 1.82) is 0 Å². The molecule has 0 heterocycles. The average molecular weight is 272 g/mol. The summed E-state index contributed by atoms with van der Waals surface area (Å²) in [4.78, 5) is 11.1. The molecule has 0 aromatic heterocycles. The fourth-order valence-corrected chi connectivity index (χ4v) is 1.57. The summed E-state index contributed by atoms with van der Waals surface area (Å²) in [5.74, 6) is -0.349. The molecule has 1 unspecified atom stereocenters. The lowest BCUT2D eigenvalue weighted by atomic mass is 10.2. The topological polar surface area (TPSA) is 47.6 Å². The Morgan fingerprint density at radius 1 is 1.39 bits per heavy atom.